The van der Waals surface area contributed by atoms with Gasteiger partial charge in [0, 0.05) is 9.90 Å². The third kappa shape index (κ3) is 3.08. The molecule has 0 atom stereocenters. The fourth-order valence-electron chi connectivity index (χ4n) is 1.35. The van der Waals surface area contributed by atoms with Crippen molar-refractivity contribution in [3.05, 3.63) is 51.2 Å². The summed E-state index contributed by atoms with van der Waals surface area (Å²) in [5, 5.41) is 7.11. The molecule has 0 fully saturated rings. The van der Waals surface area contributed by atoms with Gasteiger partial charge >= 0.3 is 0 Å². The van der Waals surface area contributed by atoms with Crippen LogP contribution in [0.25, 0.3) is 0 Å². The van der Waals surface area contributed by atoms with Gasteiger partial charge in [0.05, 0.1) is 11.4 Å². The molecule has 0 amide bonds. The van der Waals surface area contributed by atoms with Crippen molar-refractivity contribution >= 4 is 34.3 Å². The van der Waals surface area contributed by atoms with Gasteiger partial charge in [-0.15, -0.1) is 11.3 Å². The number of benzene rings is 1. The lowest BCUT2D eigenvalue weighted by Gasteiger charge is -2.04. The van der Waals surface area contributed by atoms with Crippen molar-refractivity contribution in [2.45, 2.75) is 13.8 Å². The van der Waals surface area contributed by atoms with Crippen LogP contribution in [-0.2, 0) is 0 Å². The maximum Gasteiger partial charge on any atom is 0.0747 e. The lowest BCUT2D eigenvalue weighted by atomic mass is 10.2. The fourth-order valence-corrected chi connectivity index (χ4v) is 2.21. The average Bonchev–Trinajstić information content (AvgIpc) is 2.84. The first-order valence-electron chi connectivity index (χ1n) is 5.27. The lowest BCUT2D eigenvalue weighted by Crippen LogP contribution is -1.97. The first-order chi connectivity index (χ1) is 8.16. The number of nitrogens with zero attached hydrogens (tertiary/aromatic N) is 1. The number of halogens is 1. The average molecular weight is 265 g/mol. The first kappa shape index (κ1) is 12.1. The highest BCUT2D eigenvalue weighted by atomic mass is 35.5. The van der Waals surface area contributed by atoms with Crippen molar-refractivity contribution in [2.24, 2.45) is 5.10 Å². The van der Waals surface area contributed by atoms with Crippen LogP contribution < -0.4 is 5.43 Å². The summed E-state index contributed by atoms with van der Waals surface area (Å²) in [6.45, 7) is 3.96. The Morgan fingerprint density at radius 2 is 2.18 bits per heavy atom. The third-order valence-electron chi connectivity index (χ3n) is 2.40. The van der Waals surface area contributed by atoms with E-state index in [4.69, 9.17) is 11.6 Å². The summed E-state index contributed by atoms with van der Waals surface area (Å²) in [6, 6.07) is 9.88. The molecule has 4 heteroatoms. The van der Waals surface area contributed by atoms with Gasteiger partial charge in [0.2, 0.25) is 0 Å². The number of anilines is 1. The van der Waals surface area contributed by atoms with E-state index in [0.29, 0.717) is 0 Å². The second-order valence-electron chi connectivity index (χ2n) is 3.75. The Kier molecular flexibility index (Phi) is 3.82. The van der Waals surface area contributed by atoms with E-state index >= 15 is 0 Å². The number of thiophene rings is 1. The van der Waals surface area contributed by atoms with Crippen LogP contribution in [0.3, 0.4) is 0 Å². The number of aryl methyl sites for hydroxylation is 1. The summed E-state index contributed by atoms with van der Waals surface area (Å²) >= 11 is 7.72. The summed E-state index contributed by atoms with van der Waals surface area (Å²) < 4.78 is 0. The molecule has 0 unspecified atom stereocenters. The highest BCUT2D eigenvalue weighted by Crippen LogP contribution is 2.20. The maximum atomic E-state index is 6.04. The van der Waals surface area contributed by atoms with Gasteiger partial charge in [0.1, 0.15) is 0 Å². The van der Waals surface area contributed by atoms with Crippen LogP contribution in [0, 0.1) is 6.92 Å². The number of hydrogen-bond acceptors (Lipinski definition) is 3. The van der Waals surface area contributed by atoms with Crippen molar-refractivity contribution in [1.82, 2.24) is 0 Å². The quantitative estimate of drug-likeness (QED) is 0.638. The zero-order valence-electron chi connectivity index (χ0n) is 9.70. The molecular weight excluding hydrogens is 252 g/mol. The standard InChI is InChI=1S/C13H13ClN2S/c1-9-5-6-11(8-12(9)14)16-15-10(2)13-4-3-7-17-13/h3-8,16H,1-2H3/b15-10-. The van der Waals surface area contributed by atoms with E-state index in [-0.39, 0.29) is 0 Å². The SMILES string of the molecule is C/C(=N/Nc1ccc(C)c(Cl)c1)c1cccs1. The van der Waals surface area contributed by atoms with E-state index in [1.54, 1.807) is 11.3 Å². The van der Waals surface area contributed by atoms with E-state index in [2.05, 4.69) is 10.5 Å². The number of rotatable bonds is 3. The molecule has 1 heterocycles. The fraction of sp³-hybridized carbons (Fsp3) is 0.154. The molecule has 1 N–H and O–H groups in total. The monoisotopic (exact) mass is 264 g/mol. The Balaban J connectivity index is 2.11. The summed E-state index contributed by atoms with van der Waals surface area (Å²) in [6.07, 6.45) is 0. The minimum Gasteiger partial charge on any atom is -0.278 e. The van der Waals surface area contributed by atoms with Crippen molar-refractivity contribution in [1.29, 1.82) is 0 Å². The molecule has 0 aliphatic carbocycles. The van der Waals surface area contributed by atoms with Crippen molar-refractivity contribution in [3.63, 3.8) is 0 Å². The van der Waals surface area contributed by atoms with Crippen molar-refractivity contribution in [2.75, 3.05) is 5.43 Å². The Bertz CT molecular complexity index is 532. The topological polar surface area (TPSA) is 24.4 Å². The van der Waals surface area contributed by atoms with Crippen LogP contribution >= 0.6 is 22.9 Å². The van der Waals surface area contributed by atoms with Gasteiger partial charge < -0.3 is 0 Å². The molecule has 2 aromatic rings. The Morgan fingerprint density at radius 1 is 1.35 bits per heavy atom. The Morgan fingerprint density at radius 3 is 2.82 bits per heavy atom. The van der Waals surface area contributed by atoms with Gasteiger partial charge in [0.15, 0.2) is 0 Å². The number of hydrazone groups is 1. The summed E-state index contributed by atoms with van der Waals surface area (Å²) in [7, 11) is 0. The molecule has 0 spiro atoms. The predicted octanol–water partition coefficient (Wildman–Crippen LogP) is 4.55. The molecule has 1 aromatic heterocycles. The largest absolute Gasteiger partial charge is 0.278 e. The van der Waals surface area contributed by atoms with E-state index in [0.717, 1.165) is 26.9 Å². The molecule has 0 saturated carbocycles. The maximum absolute atomic E-state index is 6.04. The molecule has 1 aromatic carbocycles. The van der Waals surface area contributed by atoms with Crippen LogP contribution in [0.5, 0.6) is 0 Å². The van der Waals surface area contributed by atoms with Gasteiger partial charge in [-0.1, -0.05) is 23.7 Å². The van der Waals surface area contributed by atoms with Crippen LogP contribution in [-0.4, -0.2) is 5.71 Å². The van der Waals surface area contributed by atoms with Gasteiger partial charge in [-0.25, -0.2) is 0 Å². The highest BCUT2D eigenvalue weighted by molar-refractivity contribution is 7.12. The van der Waals surface area contributed by atoms with Gasteiger partial charge in [-0.05, 0) is 43.0 Å². The summed E-state index contributed by atoms with van der Waals surface area (Å²) in [4.78, 5) is 1.16. The summed E-state index contributed by atoms with van der Waals surface area (Å²) in [5.41, 5.74) is 5.95. The minimum absolute atomic E-state index is 0.749. The van der Waals surface area contributed by atoms with Gasteiger partial charge in [-0.2, -0.15) is 5.10 Å². The predicted molar refractivity (Wildman–Crippen MR) is 76.3 cm³/mol. The van der Waals surface area contributed by atoms with E-state index < -0.39 is 0 Å². The lowest BCUT2D eigenvalue weighted by molar-refractivity contribution is 1.32. The molecule has 2 nitrogen and oxygen atoms in total. The molecule has 17 heavy (non-hydrogen) atoms. The van der Waals surface area contributed by atoms with Gasteiger partial charge in [0.25, 0.3) is 0 Å². The molecule has 0 bridgehead atoms. The van der Waals surface area contributed by atoms with Crippen LogP contribution in [0.4, 0.5) is 5.69 Å². The first-order valence-corrected chi connectivity index (χ1v) is 6.53. The molecule has 0 aliphatic heterocycles. The Labute approximate surface area is 110 Å². The molecule has 0 saturated heterocycles. The van der Waals surface area contributed by atoms with E-state index in [1.165, 1.54) is 0 Å². The Hall–Kier alpha value is -1.32. The normalized spacial score (nSPS) is 11.6. The molecular formula is C13H13ClN2S. The molecule has 0 aliphatic rings. The van der Waals surface area contributed by atoms with Crippen LogP contribution in [0.15, 0.2) is 40.8 Å². The van der Waals surface area contributed by atoms with Crippen LogP contribution in [0.2, 0.25) is 5.02 Å². The summed E-state index contributed by atoms with van der Waals surface area (Å²) in [5.74, 6) is 0. The van der Waals surface area contributed by atoms with E-state index in [1.807, 2.05) is 49.6 Å². The van der Waals surface area contributed by atoms with Crippen molar-refractivity contribution < 1.29 is 0 Å². The molecule has 88 valence electrons. The second-order valence-corrected chi connectivity index (χ2v) is 5.11. The van der Waals surface area contributed by atoms with Crippen molar-refractivity contribution in [3.8, 4) is 0 Å². The van der Waals surface area contributed by atoms with Gasteiger partial charge in [-0.3, -0.25) is 5.43 Å². The second kappa shape index (κ2) is 5.34. The number of hydrogen-bond donors (Lipinski definition) is 1. The number of nitrogens with one attached hydrogen (secondary N) is 1. The third-order valence-corrected chi connectivity index (χ3v) is 3.79. The highest BCUT2D eigenvalue weighted by Gasteiger charge is 1.99. The molecule has 0 radical (unpaired) electrons. The zero-order valence-corrected chi connectivity index (χ0v) is 11.3. The van der Waals surface area contributed by atoms with Crippen LogP contribution in [0.1, 0.15) is 17.4 Å². The smallest absolute Gasteiger partial charge is 0.0747 e. The molecule has 2 rings (SSSR count). The minimum atomic E-state index is 0.749. The van der Waals surface area contributed by atoms with E-state index in [9.17, 15) is 0 Å². The zero-order chi connectivity index (χ0) is 12.3.